The smallest absolute Gasteiger partial charge is 0.407 e. The van der Waals surface area contributed by atoms with Crippen LogP contribution in [-0.2, 0) is 11.3 Å². The highest BCUT2D eigenvalue weighted by atomic mass is 16.6. The van der Waals surface area contributed by atoms with Gasteiger partial charge in [0.05, 0.1) is 17.4 Å². The third-order valence-electron chi connectivity index (χ3n) is 9.26. The average molecular weight is 653 g/mol. The molecule has 4 aromatic rings. The number of imidazole rings is 1. The molecular weight excluding hydrogens is 604 g/mol. The molecule has 0 aliphatic carbocycles. The van der Waals surface area contributed by atoms with Crippen LogP contribution in [0.15, 0.2) is 67.3 Å². The van der Waals surface area contributed by atoms with Crippen LogP contribution in [0.2, 0.25) is 0 Å². The Morgan fingerprint density at radius 2 is 1.69 bits per heavy atom. The van der Waals surface area contributed by atoms with Crippen molar-refractivity contribution in [3.8, 4) is 11.3 Å². The van der Waals surface area contributed by atoms with Crippen molar-refractivity contribution in [3.63, 3.8) is 0 Å². The lowest BCUT2D eigenvalue weighted by Gasteiger charge is -2.42. The number of amides is 2. The first-order valence-electron chi connectivity index (χ1n) is 17.3. The molecule has 0 saturated carbocycles. The zero-order chi connectivity index (χ0) is 33.5. The minimum Gasteiger partial charge on any atom is -0.444 e. The van der Waals surface area contributed by atoms with Crippen LogP contribution >= 0.6 is 0 Å². The summed E-state index contributed by atoms with van der Waals surface area (Å²) in [6.07, 6.45) is 10.2. The summed E-state index contributed by atoms with van der Waals surface area (Å²) in [5.41, 5.74) is 3.45. The van der Waals surface area contributed by atoms with Gasteiger partial charge in [-0.1, -0.05) is 30.3 Å². The molecule has 0 radical (unpaired) electrons. The molecule has 2 saturated heterocycles. The fourth-order valence-corrected chi connectivity index (χ4v) is 6.69. The molecule has 0 spiro atoms. The Kier molecular flexibility index (Phi) is 10.5. The molecule has 2 N–H and O–H groups in total. The van der Waals surface area contributed by atoms with Crippen molar-refractivity contribution >= 4 is 28.9 Å². The van der Waals surface area contributed by atoms with Crippen LogP contribution in [0.1, 0.15) is 63.2 Å². The number of rotatable bonds is 10. The molecule has 2 aliphatic heterocycles. The van der Waals surface area contributed by atoms with Crippen molar-refractivity contribution in [2.45, 2.75) is 71.1 Å². The van der Waals surface area contributed by atoms with Gasteiger partial charge in [-0.25, -0.2) is 19.7 Å². The Labute approximate surface area is 283 Å². The molecule has 0 unspecified atom stereocenters. The van der Waals surface area contributed by atoms with Crippen LogP contribution in [0, 0.1) is 5.92 Å². The van der Waals surface area contributed by atoms with Crippen LogP contribution in [0.5, 0.6) is 0 Å². The molecule has 254 valence electrons. The number of hydrogen-bond donors (Lipinski definition) is 2. The van der Waals surface area contributed by atoms with E-state index in [1.165, 1.54) is 0 Å². The maximum Gasteiger partial charge on any atom is 0.407 e. The van der Waals surface area contributed by atoms with E-state index in [0.29, 0.717) is 36.1 Å². The van der Waals surface area contributed by atoms with E-state index in [4.69, 9.17) is 14.7 Å². The Morgan fingerprint density at radius 1 is 0.917 bits per heavy atom. The van der Waals surface area contributed by atoms with E-state index >= 15 is 0 Å². The highest BCUT2D eigenvalue weighted by Crippen LogP contribution is 2.33. The maximum atomic E-state index is 13.0. The summed E-state index contributed by atoms with van der Waals surface area (Å²) < 4.78 is 7.40. The number of likely N-dealkylation sites (tertiary alicyclic amines) is 1. The Hall–Kier alpha value is -4.51. The van der Waals surface area contributed by atoms with Crippen LogP contribution in [0.25, 0.3) is 22.3 Å². The van der Waals surface area contributed by atoms with E-state index < -0.39 is 5.60 Å². The second kappa shape index (κ2) is 15.1. The van der Waals surface area contributed by atoms with E-state index in [0.717, 1.165) is 87.4 Å². The van der Waals surface area contributed by atoms with Gasteiger partial charge in [-0.05, 0) is 90.1 Å². The number of piperidine rings is 2. The number of anilines is 1. The molecule has 0 bridgehead atoms. The number of alkyl carbamates (subject to hydrolysis) is 1. The predicted octanol–water partition coefficient (Wildman–Crippen LogP) is 5.52. The average Bonchev–Trinajstić information content (AvgIpc) is 3.62. The normalized spacial score (nSPS) is 16.6. The van der Waals surface area contributed by atoms with Gasteiger partial charge in [-0.2, -0.15) is 0 Å². The first kappa shape index (κ1) is 33.4. The first-order valence-corrected chi connectivity index (χ1v) is 17.3. The van der Waals surface area contributed by atoms with Gasteiger partial charge in [0.15, 0.2) is 5.82 Å². The maximum absolute atomic E-state index is 13.0. The van der Waals surface area contributed by atoms with E-state index in [2.05, 4.69) is 37.6 Å². The van der Waals surface area contributed by atoms with Gasteiger partial charge in [-0.15, -0.1) is 0 Å². The zero-order valence-electron chi connectivity index (χ0n) is 28.4. The summed E-state index contributed by atoms with van der Waals surface area (Å²) in [4.78, 5) is 44.4. The van der Waals surface area contributed by atoms with Crippen molar-refractivity contribution in [1.29, 1.82) is 0 Å². The highest BCUT2D eigenvalue weighted by molar-refractivity contribution is 5.98. The van der Waals surface area contributed by atoms with E-state index in [9.17, 15) is 9.59 Å². The second-order valence-electron chi connectivity index (χ2n) is 14.0. The third-order valence-corrected chi connectivity index (χ3v) is 9.26. The van der Waals surface area contributed by atoms with Crippen LogP contribution in [0.4, 0.5) is 10.6 Å². The molecule has 6 rings (SSSR count). The largest absolute Gasteiger partial charge is 0.444 e. The summed E-state index contributed by atoms with van der Waals surface area (Å²) in [5.74, 6) is 1.27. The molecule has 2 aromatic heterocycles. The van der Waals surface area contributed by atoms with Crippen LogP contribution in [-0.4, -0.2) is 87.3 Å². The van der Waals surface area contributed by atoms with Gasteiger partial charge < -0.3 is 29.7 Å². The summed E-state index contributed by atoms with van der Waals surface area (Å²) in [6.45, 7) is 11.6. The summed E-state index contributed by atoms with van der Waals surface area (Å²) in [6, 6.07) is 16.3. The topological polar surface area (TPSA) is 118 Å². The lowest BCUT2D eigenvalue weighted by Crippen LogP contribution is -2.49. The quantitative estimate of drug-likeness (QED) is 0.215. The molecule has 11 nitrogen and oxygen atoms in total. The molecular formula is C37H48N8O3. The number of aromatic nitrogens is 4. The Morgan fingerprint density at radius 3 is 2.40 bits per heavy atom. The SMILES string of the molecule is CC(C)(C)OC(=O)NCC1CCN(C2CCN(c3nc4ccc(C(=O)NCCCn5ccnc5)cc4nc3-c3ccccc3)CC2)CC1. The summed E-state index contributed by atoms with van der Waals surface area (Å²) in [7, 11) is 0. The van der Waals surface area contributed by atoms with Crippen LogP contribution < -0.4 is 15.5 Å². The Balaban J connectivity index is 1.07. The van der Waals surface area contributed by atoms with Crippen molar-refractivity contribution in [2.24, 2.45) is 5.92 Å². The van der Waals surface area contributed by atoms with E-state index in [1.807, 2.05) is 67.9 Å². The van der Waals surface area contributed by atoms with Gasteiger partial charge in [0, 0.05) is 62.3 Å². The number of fused-ring (bicyclic) bond motifs is 1. The third kappa shape index (κ3) is 8.69. The van der Waals surface area contributed by atoms with Crippen molar-refractivity contribution < 1.29 is 14.3 Å². The molecule has 4 heterocycles. The van der Waals surface area contributed by atoms with Gasteiger partial charge in [0.2, 0.25) is 0 Å². The number of carbonyl (C=O) groups is 2. The summed E-state index contributed by atoms with van der Waals surface area (Å²) >= 11 is 0. The number of hydrogen-bond acceptors (Lipinski definition) is 8. The lowest BCUT2D eigenvalue weighted by molar-refractivity contribution is 0.0502. The molecule has 2 aromatic carbocycles. The van der Waals surface area contributed by atoms with Gasteiger partial charge in [0.25, 0.3) is 5.91 Å². The zero-order valence-corrected chi connectivity index (χ0v) is 28.4. The van der Waals surface area contributed by atoms with Gasteiger partial charge in [0.1, 0.15) is 11.3 Å². The molecule has 0 atom stereocenters. The Bertz CT molecular complexity index is 1660. The molecule has 48 heavy (non-hydrogen) atoms. The number of nitrogens with one attached hydrogen (secondary N) is 2. The van der Waals surface area contributed by atoms with Gasteiger partial charge in [-0.3, -0.25) is 4.79 Å². The molecule has 2 amide bonds. The first-order chi connectivity index (χ1) is 23.2. The van der Waals surface area contributed by atoms with Crippen molar-refractivity contribution in [2.75, 3.05) is 44.2 Å². The van der Waals surface area contributed by atoms with Crippen molar-refractivity contribution in [3.05, 3.63) is 72.8 Å². The minimum absolute atomic E-state index is 0.111. The highest BCUT2D eigenvalue weighted by Gasteiger charge is 2.30. The minimum atomic E-state index is -0.480. The van der Waals surface area contributed by atoms with E-state index in [1.54, 1.807) is 12.5 Å². The summed E-state index contributed by atoms with van der Waals surface area (Å²) in [5, 5.41) is 5.99. The fraction of sp³-hybridized carbons (Fsp3) is 0.486. The lowest BCUT2D eigenvalue weighted by atomic mass is 9.93. The predicted molar refractivity (Wildman–Crippen MR) is 188 cm³/mol. The number of benzene rings is 2. The molecule has 2 fully saturated rings. The fourth-order valence-electron chi connectivity index (χ4n) is 6.69. The molecule has 11 heteroatoms. The van der Waals surface area contributed by atoms with Crippen LogP contribution in [0.3, 0.4) is 0 Å². The van der Waals surface area contributed by atoms with Gasteiger partial charge >= 0.3 is 6.09 Å². The standard InChI is InChI=1S/C37H48N8O3/c1-37(2,3)48-36(47)40-25-27-12-19-44(20-13-27)30-14-21-45(22-15-30)34-33(28-8-5-4-6-9-28)41-32-24-29(10-11-31(32)42-34)35(46)39-16-7-18-43-23-17-38-26-43/h4-6,8-11,17,23-24,26-27,30H,7,12-16,18-22,25H2,1-3H3,(H,39,46)(H,40,47). The number of carbonyl (C=O) groups excluding carboxylic acids is 2. The van der Waals surface area contributed by atoms with Crippen molar-refractivity contribution in [1.82, 2.24) is 35.1 Å². The number of nitrogens with zero attached hydrogens (tertiary/aromatic N) is 6. The number of ether oxygens (including phenoxy) is 1. The second-order valence-corrected chi connectivity index (χ2v) is 14.0. The molecule has 2 aliphatic rings. The monoisotopic (exact) mass is 652 g/mol. The van der Waals surface area contributed by atoms with E-state index in [-0.39, 0.29) is 12.0 Å². The number of aryl methyl sites for hydroxylation is 1.